The summed E-state index contributed by atoms with van der Waals surface area (Å²) >= 11 is 5.65. The number of pyridine rings is 1. The maximum Gasteiger partial charge on any atom is 0.356 e. The van der Waals surface area contributed by atoms with Crippen LogP contribution in [0.15, 0.2) is 12.1 Å². The third-order valence-corrected chi connectivity index (χ3v) is 2.12. The summed E-state index contributed by atoms with van der Waals surface area (Å²) in [5.74, 6) is -1.43. The summed E-state index contributed by atoms with van der Waals surface area (Å²) in [5.41, 5.74) is 4.75. The molecule has 1 amide bonds. The van der Waals surface area contributed by atoms with Gasteiger partial charge in [0.15, 0.2) is 5.69 Å². The first-order valence-electron chi connectivity index (χ1n) is 4.31. The number of aromatic nitrogens is 1. The highest BCUT2D eigenvalue weighted by Crippen LogP contribution is 2.18. The molecule has 0 spiro atoms. The highest BCUT2D eigenvalue weighted by atomic mass is 35.5. The Labute approximate surface area is 96.6 Å². The van der Waals surface area contributed by atoms with Crippen molar-refractivity contribution in [1.29, 1.82) is 0 Å². The zero-order valence-corrected chi connectivity index (χ0v) is 9.23. The molecule has 0 aliphatic carbocycles. The first-order valence-corrected chi connectivity index (χ1v) is 4.69. The Kier molecular flexibility index (Phi) is 3.68. The van der Waals surface area contributed by atoms with Gasteiger partial charge in [-0.25, -0.2) is 9.78 Å². The Balaban J connectivity index is 3.02. The minimum absolute atomic E-state index is 0.0451. The van der Waals surface area contributed by atoms with Gasteiger partial charge >= 0.3 is 5.97 Å². The number of halogens is 1. The Bertz CT molecular complexity index is 436. The molecule has 7 heteroatoms. The van der Waals surface area contributed by atoms with E-state index in [0.29, 0.717) is 5.82 Å². The normalized spacial score (nSPS) is 9.88. The van der Waals surface area contributed by atoms with Crippen molar-refractivity contribution in [2.24, 2.45) is 5.73 Å². The van der Waals surface area contributed by atoms with Gasteiger partial charge in [0.25, 0.3) is 0 Å². The van der Waals surface area contributed by atoms with Gasteiger partial charge in [0, 0.05) is 7.05 Å². The van der Waals surface area contributed by atoms with Crippen molar-refractivity contribution >= 4 is 29.3 Å². The molecule has 1 rings (SSSR count). The number of carbonyl (C=O) groups excluding carboxylic acids is 1. The van der Waals surface area contributed by atoms with Crippen LogP contribution in [0, 0.1) is 0 Å². The van der Waals surface area contributed by atoms with Crippen LogP contribution in [-0.4, -0.2) is 35.6 Å². The third kappa shape index (κ3) is 2.83. The lowest BCUT2D eigenvalue weighted by Gasteiger charge is -2.16. The van der Waals surface area contributed by atoms with E-state index in [1.165, 1.54) is 17.0 Å². The van der Waals surface area contributed by atoms with E-state index in [1.54, 1.807) is 7.05 Å². The second-order valence-corrected chi connectivity index (χ2v) is 3.53. The van der Waals surface area contributed by atoms with Crippen molar-refractivity contribution in [3.05, 3.63) is 22.8 Å². The highest BCUT2D eigenvalue weighted by Gasteiger charge is 2.13. The SMILES string of the molecule is CN(CC(N)=O)c1ccc(Cl)c(C(=O)O)n1. The van der Waals surface area contributed by atoms with Gasteiger partial charge in [-0.1, -0.05) is 11.6 Å². The standard InChI is InChI=1S/C9H10ClN3O3/c1-13(4-6(11)14)7-3-2-5(10)8(12-7)9(15)16/h2-3H,4H2,1H3,(H2,11,14)(H,15,16). The molecule has 3 N–H and O–H groups in total. The van der Waals surface area contributed by atoms with Gasteiger partial charge in [0.1, 0.15) is 5.82 Å². The van der Waals surface area contributed by atoms with Gasteiger partial charge in [-0.15, -0.1) is 0 Å². The van der Waals surface area contributed by atoms with Gasteiger partial charge in [-0.2, -0.15) is 0 Å². The lowest BCUT2D eigenvalue weighted by molar-refractivity contribution is -0.116. The summed E-state index contributed by atoms with van der Waals surface area (Å²) in [5, 5.41) is 8.84. The van der Waals surface area contributed by atoms with Crippen LogP contribution < -0.4 is 10.6 Å². The fourth-order valence-corrected chi connectivity index (χ4v) is 1.30. The first kappa shape index (κ1) is 12.3. The number of carboxylic acid groups (broad SMARTS) is 1. The molecule has 0 aliphatic rings. The maximum absolute atomic E-state index is 10.8. The number of carboxylic acids is 1. The van der Waals surface area contributed by atoms with Crippen LogP contribution in [0.3, 0.4) is 0 Å². The fraction of sp³-hybridized carbons (Fsp3) is 0.222. The summed E-state index contributed by atoms with van der Waals surface area (Å²) in [6.45, 7) is -0.0479. The van der Waals surface area contributed by atoms with Gasteiger partial charge in [0.2, 0.25) is 5.91 Å². The van der Waals surface area contributed by atoms with Crippen molar-refractivity contribution in [2.45, 2.75) is 0 Å². The van der Waals surface area contributed by atoms with E-state index in [4.69, 9.17) is 22.4 Å². The second kappa shape index (κ2) is 4.80. The van der Waals surface area contributed by atoms with Gasteiger partial charge < -0.3 is 15.7 Å². The zero-order valence-electron chi connectivity index (χ0n) is 8.48. The van der Waals surface area contributed by atoms with Crippen molar-refractivity contribution in [3.63, 3.8) is 0 Å². The first-order chi connectivity index (χ1) is 7.41. The largest absolute Gasteiger partial charge is 0.476 e. The number of amides is 1. The second-order valence-electron chi connectivity index (χ2n) is 3.13. The van der Waals surface area contributed by atoms with Crippen molar-refractivity contribution in [2.75, 3.05) is 18.5 Å². The number of carbonyl (C=O) groups is 2. The van der Waals surface area contributed by atoms with Crippen LogP contribution in [0.25, 0.3) is 0 Å². The molecular formula is C9H10ClN3O3. The van der Waals surface area contributed by atoms with Gasteiger partial charge in [-0.3, -0.25) is 4.79 Å². The monoisotopic (exact) mass is 243 g/mol. The Morgan fingerprint density at radius 3 is 2.69 bits per heavy atom. The highest BCUT2D eigenvalue weighted by molar-refractivity contribution is 6.33. The van der Waals surface area contributed by atoms with Crippen molar-refractivity contribution in [1.82, 2.24) is 4.98 Å². The van der Waals surface area contributed by atoms with Crippen LogP contribution in [0.4, 0.5) is 5.82 Å². The minimum atomic E-state index is -1.22. The number of hydrogen-bond acceptors (Lipinski definition) is 4. The molecule has 1 heterocycles. The number of primary amides is 1. The molecule has 16 heavy (non-hydrogen) atoms. The fourth-order valence-electron chi connectivity index (χ4n) is 1.11. The molecule has 0 saturated heterocycles. The Hall–Kier alpha value is -1.82. The predicted octanol–water partition coefficient (Wildman–Crippen LogP) is 0.355. The van der Waals surface area contributed by atoms with Gasteiger partial charge in [0.05, 0.1) is 11.6 Å². The third-order valence-electron chi connectivity index (χ3n) is 1.82. The minimum Gasteiger partial charge on any atom is -0.476 e. The summed E-state index contributed by atoms with van der Waals surface area (Å²) < 4.78 is 0. The average Bonchev–Trinajstić information content (AvgIpc) is 2.16. The number of anilines is 1. The molecule has 0 atom stereocenters. The molecule has 1 aromatic rings. The van der Waals surface area contributed by atoms with E-state index in [1.807, 2.05) is 0 Å². The Morgan fingerprint density at radius 2 is 2.19 bits per heavy atom. The van der Waals surface area contributed by atoms with E-state index in [9.17, 15) is 9.59 Å². The van der Waals surface area contributed by atoms with Crippen LogP contribution in [0.5, 0.6) is 0 Å². The van der Waals surface area contributed by atoms with Crippen LogP contribution in [0.1, 0.15) is 10.5 Å². The van der Waals surface area contributed by atoms with E-state index < -0.39 is 11.9 Å². The van der Waals surface area contributed by atoms with E-state index in [-0.39, 0.29) is 17.3 Å². The maximum atomic E-state index is 10.8. The Morgan fingerprint density at radius 1 is 1.56 bits per heavy atom. The molecule has 0 bridgehead atoms. The van der Waals surface area contributed by atoms with Crippen LogP contribution in [0.2, 0.25) is 5.02 Å². The van der Waals surface area contributed by atoms with E-state index >= 15 is 0 Å². The van der Waals surface area contributed by atoms with Gasteiger partial charge in [-0.05, 0) is 12.1 Å². The molecule has 86 valence electrons. The summed E-state index contributed by atoms with van der Waals surface area (Å²) in [7, 11) is 1.58. The summed E-state index contributed by atoms with van der Waals surface area (Å²) in [6, 6.07) is 2.92. The van der Waals surface area contributed by atoms with Crippen molar-refractivity contribution in [3.8, 4) is 0 Å². The molecule has 6 nitrogen and oxygen atoms in total. The number of hydrogen-bond donors (Lipinski definition) is 2. The van der Waals surface area contributed by atoms with Crippen LogP contribution >= 0.6 is 11.6 Å². The van der Waals surface area contributed by atoms with Crippen LogP contribution in [-0.2, 0) is 4.79 Å². The zero-order chi connectivity index (χ0) is 12.3. The smallest absolute Gasteiger partial charge is 0.356 e. The molecule has 0 unspecified atom stereocenters. The topological polar surface area (TPSA) is 96.5 Å². The number of likely N-dealkylation sites (N-methyl/N-ethyl adjacent to an activating group) is 1. The predicted molar refractivity (Wildman–Crippen MR) is 58.7 cm³/mol. The molecule has 0 radical (unpaired) electrons. The summed E-state index contributed by atoms with van der Waals surface area (Å²) in [4.78, 5) is 26.7. The molecule has 0 saturated carbocycles. The number of aromatic carboxylic acids is 1. The number of rotatable bonds is 4. The van der Waals surface area contributed by atoms with E-state index in [0.717, 1.165) is 0 Å². The lowest BCUT2D eigenvalue weighted by atomic mass is 10.3. The molecule has 0 aromatic carbocycles. The molecular weight excluding hydrogens is 234 g/mol. The van der Waals surface area contributed by atoms with E-state index in [2.05, 4.69) is 4.98 Å². The summed E-state index contributed by atoms with van der Waals surface area (Å²) in [6.07, 6.45) is 0. The van der Waals surface area contributed by atoms with Crippen molar-refractivity contribution < 1.29 is 14.7 Å². The number of nitrogens with zero attached hydrogens (tertiary/aromatic N) is 2. The average molecular weight is 244 g/mol. The molecule has 0 aliphatic heterocycles. The lowest BCUT2D eigenvalue weighted by Crippen LogP contribution is -2.31. The molecule has 0 fully saturated rings. The molecule has 1 aromatic heterocycles. The number of nitrogens with two attached hydrogens (primary N) is 1. The quantitative estimate of drug-likeness (QED) is 0.796.